The van der Waals surface area contributed by atoms with Crippen LogP contribution in [0, 0.1) is 0 Å². The molecule has 7 heteroatoms. The van der Waals surface area contributed by atoms with Gasteiger partial charge in [0, 0.05) is 6.42 Å². The second-order valence-corrected chi connectivity index (χ2v) is 5.45. The van der Waals surface area contributed by atoms with Crippen molar-refractivity contribution in [3.63, 3.8) is 0 Å². The second-order valence-electron chi connectivity index (χ2n) is 5.45. The second kappa shape index (κ2) is 6.39. The number of alkyl halides is 2. The minimum Gasteiger partial charge on any atom is -0.383 e. The maximum Gasteiger partial charge on any atom is 0.354 e. The Bertz CT molecular complexity index is 545. The number of rotatable bonds is 5. The van der Waals surface area contributed by atoms with Crippen LogP contribution < -0.4 is 10.9 Å². The highest BCUT2D eigenvalue weighted by Gasteiger charge is 2.61. The molecule has 0 bridgehead atoms. The summed E-state index contributed by atoms with van der Waals surface area (Å²) in [6.45, 7) is 0. The summed E-state index contributed by atoms with van der Waals surface area (Å²) in [7, 11) is 0. The van der Waals surface area contributed by atoms with Crippen molar-refractivity contribution in [2.45, 2.75) is 43.6 Å². The number of hydrogen-bond donors (Lipinski definition) is 3. The molecule has 1 aliphatic rings. The number of benzene rings is 1. The Morgan fingerprint density at radius 1 is 1.18 bits per heavy atom. The van der Waals surface area contributed by atoms with E-state index in [4.69, 9.17) is 0 Å². The van der Waals surface area contributed by atoms with Gasteiger partial charge in [-0.1, -0.05) is 30.3 Å². The number of nitrogens with one attached hydrogen (secondary N) is 2. The Hall–Kier alpha value is -2.02. The first-order valence-corrected chi connectivity index (χ1v) is 7.08. The average molecular weight is 312 g/mol. The molecule has 3 N–H and O–H groups in total. The molecule has 1 fully saturated rings. The monoisotopic (exact) mass is 312 g/mol. The third-order valence-corrected chi connectivity index (χ3v) is 3.85. The number of aliphatic hydroxyl groups is 1. The van der Waals surface area contributed by atoms with Gasteiger partial charge in [-0.3, -0.25) is 20.4 Å². The highest BCUT2D eigenvalue weighted by atomic mass is 19.3. The van der Waals surface area contributed by atoms with Gasteiger partial charge in [0.15, 0.2) is 0 Å². The summed E-state index contributed by atoms with van der Waals surface area (Å²) in [5.74, 6) is -6.19. The lowest BCUT2D eigenvalue weighted by Gasteiger charge is -2.41. The van der Waals surface area contributed by atoms with Crippen LogP contribution in [0.15, 0.2) is 30.3 Å². The minimum absolute atomic E-state index is 0.0557. The quantitative estimate of drug-likeness (QED) is 0.718. The Morgan fingerprint density at radius 3 is 2.36 bits per heavy atom. The topological polar surface area (TPSA) is 78.4 Å². The van der Waals surface area contributed by atoms with Crippen LogP contribution in [-0.2, 0) is 16.0 Å². The summed E-state index contributed by atoms with van der Waals surface area (Å²) < 4.78 is 27.5. The highest BCUT2D eigenvalue weighted by molar-refractivity contribution is 5.87. The zero-order chi connectivity index (χ0) is 16.2. The summed E-state index contributed by atoms with van der Waals surface area (Å²) >= 11 is 0. The lowest BCUT2D eigenvalue weighted by atomic mass is 9.75. The molecule has 0 unspecified atom stereocenters. The average Bonchev–Trinajstić information content (AvgIpc) is 2.48. The van der Waals surface area contributed by atoms with E-state index < -0.39 is 23.3 Å². The van der Waals surface area contributed by atoms with Crippen LogP contribution in [-0.4, -0.2) is 28.4 Å². The molecule has 22 heavy (non-hydrogen) atoms. The van der Waals surface area contributed by atoms with Gasteiger partial charge >= 0.3 is 11.8 Å². The molecular formula is C15H18F2N2O3. The Kier molecular flexibility index (Phi) is 4.75. The van der Waals surface area contributed by atoms with E-state index in [1.54, 1.807) is 5.43 Å². The molecule has 5 nitrogen and oxygen atoms in total. The molecule has 0 aliphatic heterocycles. The first-order chi connectivity index (χ1) is 10.3. The molecule has 1 saturated carbocycles. The molecule has 1 aliphatic carbocycles. The number of halogens is 2. The third kappa shape index (κ3) is 3.41. The van der Waals surface area contributed by atoms with Gasteiger partial charge in [-0.15, -0.1) is 0 Å². The fourth-order valence-corrected chi connectivity index (χ4v) is 2.21. The fraction of sp³-hybridized carbons (Fsp3) is 0.467. The summed E-state index contributed by atoms with van der Waals surface area (Å²) in [6, 6.07) is 9.18. The number of carbonyl (C=O) groups excluding carboxylic acids is 2. The summed E-state index contributed by atoms with van der Waals surface area (Å²) in [5, 5.41) is 9.60. The predicted octanol–water partition coefficient (Wildman–Crippen LogP) is 1.32. The number of hydrazine groups is 1. The fourth-order valence-electron chi connectivity index (χ4n) is 2.21. The van der Waals surface area contributed by atoms with Crippen molar-refractivity contribution in [1.29, 1.82) is 0 Å². The molecule has 0 spiro atoms. The summed E-state index contributed by atoms with van der Waals surface area (Å²) in [4.78, 5) is 23.0. The van der Waals surface area contributed by atoms with Gasteiger partial charge in [0.05, 0.1) is 0 Å². The van der Waals surface area contributed by atoms with E-state index in [-0.39, 0.29) is 19.3 Å². The van der Waals surface area contributed by atoms with Crippen molar-refractivity contribution < 1.29 is 23.5 Å². The molecular weight excluding hydrogens is 294 g/mol. The van der Waals surface area contributed by atoms with Crippen LogP contribution in [0.1, 0.15) is 31.2 Å². The standard InChI is InChI=1S/C15H18F2N2O3/c16-15(17,14(22)9-4-10-14)13(21)19-18-12(20)8-7-11-5-2-1-3-6-11/h1-3,5-6,22H,4,7-10H2,(H,18,20)(H,19,21). The lowest BCUT2D eigenvalue weighted by Crippen LogP contribution is -2.62. The van der Waals surface area contributed by atoms with E-state index in [0.29, 0.717) is 12.8 Å². The van der Waals surface area contributed by atoms with Crippen LogP contribution in [0.3, 0.4) is 0 Å². The Labute approximate surface area is 126 Å². The predicted molar refractivity (Wildman–Crippen MR) is 74.8 cm³/mol. The Balaban J connectivity index is 1.77. The number of carbonyl (C=O) groups is 2. The van der Waals surface area contributed by atoms with Gasteiger partial charge in [-0.05, 0) is 31.2 Å². The zero-order valence-electron chi connectivity index (χ0n) is 11.9. The molecule has 0 aromatic heterocycles. The summed E-state index contributed by atoms with van der Waals surface area (Å²) in [6.07, 6.45) is 0.677. The number of aryl methyl sites for hydroxylation is 1. The smallest absolute Gasteiger partial charge is 0.354 e. The van der Waals surface area contributed by atoms with Gasteiger partial charge < -0.3 is 5.11 Å². The van der Waals surface area contributed by atoms with Crippen molar-refractivity contribution >= 4 is 11.8 Å². The normalized spacial score (nSPS) is 16.5. The molecule has 2 rings (SSSR count). The molecule has 0 saturated heterocycles. The highest BCUT2D eigenvalue weighted by Crippen LogP contribution is 2.44. The van der Waals surface area contributed by atoms with Crippen molar-refractivity contribution in [3.05, 3.63) is 35.9 Å². The van der Waals surface area contributed by atoms with Crippen LogP contribution >= 0.6 is 0 Å². The van der Waals surface area contributed by atoms with E-state index in [1.807, 2.05) is 35.8 Å². The number of hydrogen-bond acceptors (Lipinski definition) is 3. The molecule has 1 aromatic rings. The summed E-state index contributed by atoms with van der Waals surface area (Å²) in [5.41, 5.74) is 2.26. The van der Waals surface area contributed by atoms with Crippen LogP contribution in [0.2, 0.25) is 0 Å². The largest absolute Gasteiger partial charge is 0.383 e. The molecule has 1 aromatic carbocycles. The molecule has 0 atom stereocenters. The van der Waals surface area contributed by atoms with Gasteiger partial charge in [0.25, 0.3) is 0 Å². The van der Waals surface area contributed by atoms with Crippen LogP contribution in [0.4, 0.5) is 8.78 Å². The van der Waals surface area contributed by atoms with Gasteiger partial charge in [-0.25, -0.2) is 0 Å². The SMILES string of the molecule is O=C(CCc1ccccc1)NNC(=O)C(F)(F)C1(O)CCC1. The van der Waals surface area contributed by atoms with E-state index in [1.165, 1.54) is 0 Å². The van der Waals surface area contributed by atoms with E-state index in [2.05, 4.69) is 0 Å². The maximum absolute atomic E-state index is 13.7. The third-order valence-electron chi connectivity index (χ3n) is 3.85. The first kappa shape index (κ1) is 16.4. The van der Waals surface area contributed by atoms with Crippen LogP contribution in [0.25, 0.3) is 0 Å². The first-order valence-electron chi connectivity index (χ1n) is 7.08. The Morgan fingerprint density at radius 2 is 1.82 bits per heavy atom. The van der Waals surface area contributed by atoms with E-state index in [9.17, 15) is 23.5 Å². The molecule has 0 radical (unpaired) electrons. The van der Waals surface area contributed by atoms with Crippen molar-refractivity contribution in [1.82, 2.24) is 10.9 Å². The van der Waals surface area contributed by atoms with Crippen molar-refractivity contribution in [2.24, 2.45) is 0 Å². The zero-order valence-corrected chi connectivity index (χ0v) is 11.9. The molecule has 2 amide bonds. The number of amides is 2. The minimum atomic E-state index is -3.92. The van der Waals surface area contributed by atoms with E-state index >= 15 is 0 Å². The maximum atomic E-state index is 13.7. The van der Waals surface area contributed by atoms with Gasteiger partial charge in [-0.2, -0.15) is 8.78 Å². The van der Waals surface area contributed by atoms with Crippen molar-refractivity contribution in [2.75, 3.05) is 0 Å². The van der Waals surface area contributed by atoms with Gasteiger partial charge in [0.1, 0.15) is 5.60 Å². The van der Waals surface area contributed by atoms with E-state index in [0.717, 1.165) is 5.56 Å². The molecule has 120 valence electrons. The molecule has 0 heterocycles. The van der Waals surface area contributed by atoms with Gasteiger partial charge in [0.2, 0.25) is 5.91 Å². The van der Waals surface area contributed by atoms with Crippen molar-refractivity contribution in [3.8, 4) is 0 Å². The lowest BCUT2D eigenvalue weighted by molar-refractivity contribution is -0.216. The van der Waals surface area contributed by atoms with Crippen LogP contribution in [0.5, 0.6) is 0 Å².